The molecule has 20 nitrogen and oxygen atoms in total. The van der Waals surface area contributed by atoms with Crippen LogP contribution in [0.5, 0.6) is 5.88 Å². The molecule has 2 aliphatic heterocycles. The van der Waals surface area contributed by atoms with Crippen molar-refractivity contribution in [1.29, 1.82) is 0 Å². The van der Waals surface area contributed by atoms with Gasteiger partial charge in [-0.2, -0.15) is 29.5 Å². The average molecular weight is 898 g/mol. The Morgan fingerprint density at radius 2 is 1.74 bits per heavy atom. The van der Waals surface area contributed by atoms with Crippen LogP contribution in [0.3, 0.4) is 0 Å². The number of rotatable bonds is 12. The Kier molecular flexibility index (Phi) is 10.4. The number of ether oxygens (including phenoxy) is 1. The third-order valence-corrected chi connectivity index (χ3v) is 11.8. The highest BCUT2D eigenvalue weighted by Gasteiger charge is 2.36. The summed E-state index contributed by atoms with van der Waals surface area (Å²) >= 11 is 3.60. The summed E-state index contributed by atoms with van der Waals surface area (Å²) in [5.41, 5.74) is 6.32. The normalized spacial score (nSPS) is 17.2. The largest absolute Gasteiger partial charge is 0.478 e. The summed E-state index contributed by atoms with van der Waals surface area (Å²) < 4.78 is 29.0. The zero-order valence-corrected chi connectivity index (χ0v) is 36.3. The van der Waals surface area contributed by atoms with Crippen molar-refractivity contribution in [1.82, 2.24) is 68.6 Å². The second kappa shape index (κ2) is 15.9. The number of amides is 1. The van der Waals surface area contributed by atoms with Crippen LogP contribution in [-0.2, 0) is 32.0 Å². The lowest BCUT2D eigenvalue weighted by Crippen LogP contribution is -2.45. The van der Waals surface area contributed by atoms with Crippen LogP contribution in [0.2, 0.25) is 0 Å². The number of anilines is 5. The van der Waals surface area contributed by atoms with Gasteiger partial charge >= 0.3 is 0 Å². The molecule has 6 aromatic heterocycles. The summed E-state index contributed by atoms with van der Waals surface area (Å²) in [5.74, 6) is 2.36. The molecule has 2 aliphatic rings. The first kappa shape index (κ1) is 40.0. The molecule has 7 aromatic rings. The number of methoxy groups -OCH3 is 1. The third kappa shape index (κ3) is 7.64. The minimum atomic E-state index is -1.40. The molecule has 0 radical (unpaired) electrons. The van der Waals surface area contributed by atoms with Gasteiger partial charge in [0.05, 0.1) is 67.0 Å². The first-order valence-electron chi connectivity index (χ1n) is 19.8. The van der Waals surface area contributed by atoms with E-state index >= 15 is 4.39 Å². The fourth-order valence-electron chi connectivity index (χ4n) is 7.65. The van der Waals surface area contributed by atoms with Crippen molar-refractivity contribution in [2.75, 3.05) is 73.9 Å². The van der Waals surface area contributed by atoms with Crippen LogP contribution >= 0.6 is 15.9 Å². The van der Waals surface area contributed by atoms with Gasteiger partial charge in [0, 0.05) is 52.4 Å². The molecule has 9 rings (SSSR count). The number of benzene rings is 1. The molecule has 318 valence electrons. The van der Waals surface area contributed by atoms with E-state index < -0.39 is 18.1 Å². The first-order chi connectivity index (χ1) is 29.3. The molecule has 2 fully saturated rings. The van der Waals surface area contributed by atoms with Crippen molar-refractivity contribution in [2.45, 2.75) is 39.2 Å². The topological polar surface area (TPSA) is 194 Å². The molecule has 8 heterocycles. The number of imidazole rings is 2. The molecule has 0 spiro atoms. The van der Waals surface area contributed by atoms with E-state index in [1.807, 2.05) is 31.5 Å². The van der Waals surface area contributed by atoms with E-state index in [9.17, 15) is 4.79 Å². The molecule has 2 saturated heterocycles. The maximum atomic E-state index is 15.8. The number of hydrogen-bond acceptors (Lipinski definition) is 15. The molecule has 0 aliphatic carbocycles. The Morgan fingerprint density at radius 3 is 2.52 bits per heavy atom. The van der Waals surface area contributed by atoms with Crippen molar-refractivity contribution < 1.29 is 13.9 Å². The van der Waals surface area contributed by atoms with Crippen molar-refractivity contribution in [3.8, 4) is 5.88 Å². The minimum Gasteiger partial charge on any atom is -0.478 e. The number of nitrogens with zero attached hydrogens (tertiary/aromatic N) is 15. The Morgan fingerprint density at radius 1 is 0.984 bits per heavy atom. The number of aromatic nitrogens is 12. The summed E-state index contributed by atoms with van der Waals surface area (Å²) in [6, 6.07) is 3.25. The Bertz CT molecular complexity index is 2820. The van der Waals surface area contributed by atoms with E-state index in [1.165, 1.54) is 7.11 Å². The molecule has 1 aromatic carbocycles. The first-order valence-corrected chi connectivity index (χ1v) is 20.6. The molecule has 61 heavy (non-hydrogen) atoms. The fraction of sp³-hybridized carbons (Fsp3) is 0.410. The van der Waals surface area contributed by atoms with Crippen LogP contribution in [0.4, 0.5) is 33.7 Å². The standard InChI is InChI=1S/C39H46BrFN18O2/c1-21-12-26-29(13-22(21)2)58(30(45-26)15-42-37-51-39(56-10-8-53(4)9-11-56)49-33-24(40)14-44-59(33)37)16-23(3)35(60)47-27-19-57(17-25(27)41)38-48-32(31-34(50-38)54(5)20-43-31)46-28-18-55(6)52-36(28)61-7/h12-14,18,20,25,27H,3,8-11,15-17,19H2,1-2,4-7H3,(H,47,60)(H,42,49,51)(H,46,48,50)/t25-,27-/m1/s1. The SMILES string of the molecule is C=C(Cn1c(CNc2nc(N3CCN(C)CC3)nc3c(Br)cnn23)nc2cc(C)c(C)cc21)C(=O)N[C@@H]1CN(c2nc(Nc3cn(C)nc3OC)c3ncn(C)c3n2)C[C@H]1F. The summed E-state index contributed by atoms with van der Waals surface area (Å²) in [5, 5.41) is 18.4. The smallest absolute Gasteiger partial charge is 0.256 e. The van der Waals surface area contributed by atoms with E-state index in [0.29, 0.717) is 51.9 Å². The van der Waals surface area contributed by atoms with Gasteiger partial charge < -0.3 is 44.5 Å². The third-order valence-electron chi connectivity index (χ3n) is 11.3. The summed E-state index contributed by atoms with van der Waals surface area (Å²) in [6.45, 7) is 12.1. The number of halogens is 2. The van der Waals surface area contributed by atoms with Gasteiger partial charge in [0.25, 0.3) is 5.88 Å². The summed E-state index contributed by atoms with van der Waals surface area (Å²) in [4.78, 5) is 48.7. The number of hydrogen-bond donors (Lipinski definition) is 3. The second-order valence-corrected chi connectivity index (χ2v) is 16.5. The van der Waals surface area contributed by atoms with Gasteiger partial charge in [-0.3, -0.25) is 9.48 Å². The van der Waals surface area contributed by atoms with Crippen molar-refractivity contribution in [3.05, 3.63) is 64.4 Å². The monoisotopic (exact) mass is 896 g/mol. The maximum Gasteiger partial charge on any atom is 0.256 e. The molecular formula is C39H46BrFN18O2. The predicted molar refractivity (Wildman–Crippen MR) is 232 cm³/mol. The van der Waals surface area contributed by atoms with Crippen molar-refractivity contribution in [2.24, 2.45) is 14.1 Å². The lowest BCUT2D eigenvalue weighted by Gasteiger charge is -2.32. The number of carbonyl (C=O) groups excluding carboxylic acids is 1. The van der Waals surface area contributed by atoms with Crippen LogP contribution in [0.25, 0.3) is 27.8 Å². The number of carbonyl (C=O) groups is 1. The fourth-order valence-corrected chi connectivity index (χ4v) is 8.00. The van der Waals surface area contributed by atoms with E-state index in [0.717, 1.165) is 52.8 Å². The predicted octanol–water partition coefficient (Wildman–Crippen LogP) is 3.28. The van der Waals surface area contributed by atoms with Gasteiger partial charge in [-0.15, -0.1) is 5.10 Å². The molecule has 0 saturated carbocycles. The molecular weight excluding hydrogens is 851 g/mol. The quantitative estimate of drug-likeness (QED) is 0.151. The average Bonchev–Trinajstić information content (AvgIpc) is 4.06. The Hall–Kier alpha value is -6.42. The van der Waals surface area contributed by atoms with Gasteiger partial charge in [0.1, 0.15) is 17.7 Å². The highest BCUT2D eigenvalue weighted by Crippen LogP contribution is 2.31. The molecule has 22 heteroatoms. The minimum absolute atomic E-state index is 0.0311. The number of piperazine rings is 1. The van der Waals surface area contributed by atoms with E-state index in [-0.39, 0.29) is 37.7 Å². The van der Waals surface area contributed by atoms with Crippen molar-refractivity contribution in [3.63, 3.8) is 0 Å². The lowest BCUT2D eigenvalue weighted by molar-refractivity contribution is -0.118. The van der Waals surface area contributed by atoms with Crippen LogP contribution in [0.1, 0.15) is 17.0 Å². The van der Waals surface area contributed by atoms with Gasteiger partial charge in [-0.05, 0) is 60.1 Å². The number of alkyl halides is 1. The molecule has 1 amide bonds. The number of fused-ring (bicyclic) bond motifs is 3. The summed E-state index contributed by atoms with van der Waals surface area (Å²) in [7, 11) is 7.24. The highest BCUT2D eigenvalue weighted by atomic mass is 79.9. The van der Waals surface area contributed by atoms with Gasteiger partial charge in [-0.25, -0.2) is 14.4 Å². The van der Waals surface area contributed by atoms with Gasteiger partial charge in [0.2, 0.25) is 23.8 Å². The van der Waals surface area contributed by atoms with Crippen LogP contribution < -0.4 is 30.5 Å². The zero-order chi connectivity index (χ0) is 42.7. The second-order valence-electron chi connectivity index (χ2n) is 15.6. The number of likely N-dealkylation sites (N-methyl/N-ethyl adjacent to an activating group) is 1. The van der Waals surface area contributed by atoms with E-state index in [1.54, 1.807) is 44.4 Å². The van der Waals surface area contributed by atoms with Crippen LogP contribution in [0.15, 0.2) is 47.5 Å². The molecule has 0 unspecified atom stereocenters. The van der Waals surface area contributed by atoms with E-state index in [4.69, 9.17) is 29.7 Å². The maximum absolute atomic E-state index is 15.8. The van der Waals surface area contributed by atoms with Crippen molar-refractivity contribution >= 4 is 79.0 Å². The molecule has 2 atom stereocenters. The van der Waals surface area contributed by atoms with Crippen LogP contribution in [0, 0.1) is 13.8 Å². The Balaban J connectivity index is 0.934. The summed E-state index contributed by atoms with van der Waals surface area (Å²) in [6.07, 6.45) is 3.69. The number of nitrogens with one attached hydrogen (secondary N) is 3. The molecule has 3 N–H and O–H groups in total. The van der Waals surface area contributed by atoms with Gasteiger partial charge in [-0.1, -0.05) is 6.58 Å². The zero-order valence-electron chi connectivity index (χ0n) is 34.7. The number of aryl methyl sites for hydroxylation is 4. The molecule has 0 bridgehead atoms. The Labute approximate surface area is 358 Å². The van der Waals surface area contributed by atoms with Gasteiger partial charge in [0.15, 0.2) is 22.6 Å². The van der Waals surface area contributed by atoms with Crippen LogP contribution in [-0.4, -0.2) is 135 Å². The van der Waals surface area contributed by atoms with E-state index in [2.05, 4.69) is 76.6 Å². The highest BCUT2D eigenvalue weighted by molar-refractivity contribution is 9.10. The lowest BCUT2D eigenvalue weighted by atomic mass is 10.1.